The quantitative estimate of drug-likeness (QED) is 0.617. The number of alkyl halides is 3. The molecule has 1 aromatic carbocycles. The summed E-state index contributed by atoms with van der Waals surface area (Å²) in [7, 11) is 0. The van der Waals surface area contributed by atoms with Crippen LogP contribution in [0.3, 0.4) is 0 Å². The molecule has 0 amide bonds. The van der Waals surface area contributed by atoms with Crippen LogP contribution in [0.25, 0.3) is 0 Å². The SMILES string of the molecule is NC1=N[C@@]2(c3cc(N)ccc3F)COC(C(F)(F)F)[C@H]2CC1. The normalized spacial score (nSPS) is 31.7. The summed E-state index contributed by atoms with van der Waals surface area (Å²) in [5.41, 5.74) is 10.2. The van der Waals surface area contributed by atoms with E-state index in [2.05, 4.69) is 4.99 Å². The summed E-state index contributed by atoms with van der Waals surface area (Å²) < 4.78 is 58.7. The maximum atomic E-state index is 14.2. The van der Waals surface area contributed by atoms with Gasteiger partial charge in [-0.05, 0) is 24.6 Å². The van der Waals surface area contributed by atoms with Gasteiger partial charge >= 0.3 is 6.18 Å². The van der Waals surface area contributed by atoms with Gasteiger partial charge in [-0.2, -0.15) is 13.2 Å². The van der Waals surface area contributed by atoms with E-state index in [1.807, 2.05) is 0 Å². The minimum absolute atomic E-state index is 0.00639. The van der Waals surface area contributed by atoms with E-state index in [9.17, 15) is 17.6 Å². The third-order valence-corrected chi connectivity index (χ3v) is 4.30. The van der Waals surface area contributed by atoms with Crippen LogP contribution in [0.4, 0.5) is 23.2 Å². The highest BCUT2D eigenvalue weighted by atomic mass is 19.4. The van der Waals surface area contributed by atoms with Crippen molar-refractivity contribution in [3.63, 3.8) is 0 Å². The monoisotopic (exact) mass is 317 g/mol. The molecule has 1 unspecified atom stereocenters. The fourth-order valence-corrected chi connectivity index (χ4v) is 3.35. The van der Waals surface area contributed by atoms with E-state index in [1.165, 1.54) is 12.1 Å². The van der Waals surface area contributed by atoms with Crippen LogP contribution in [-0.2, 0) is 10.3 Å². The first-order valence-electron chi connectivity index (χ1n) is 6.82. The summed E-state index contributed by atoms with van der Waals surface area (Å²) in [6, 6.07) is 3.78. The van der Waals surface area contributed by atoms with Crippen molar-refractivity contribution in [2.45, 2.75) is 30.7 Å². The third kappa shape index (κ3) is 2.22. The van der Waals surface area contributed by atoms with Crippen LogP contribution < -0.4 is 11.5 Å². The molecule has 0 bridgehead atoms. The van der Waals surface area contributed by atoms with Gasteiger partial charge in [0.1, 0.15) is 11.4 Å². The number of aliphatic imine (C=N–C) groups is 1. The van der Waals surface area contributed by atoms with E-state index in [1.54, 1.807) is 0 Å². The van der Waals surface area contributed by atoms with Crippen LogP contribution in [0.1, 0.15) is 18.4 Å². The van der Waals surface area contributed by atoms with Gasteiger partial charge in [-0.3, -0.25) is 4.99 Å². The molecule has 0 aromatic heterocycles. The van der Waals surface area contributed by atoms with Crippen molar-refractivity contribution in [1.29, 1.82) is 0 Å². The van der Waals surface area contributed by atoms with E-state index >= 15 is 0 Å². The number of anilines is 1. The first kappa shape index (κ1) is 15.1. The smallest absolute Gasteiger partial charge is 0.399 e. The van der Waals surface area contributed by atoms with Crippen LogP contribution in [0, 0.1) is 11.7 Å². The zero-order valence-electron chi connectivity index (χ0n) is 11.5. The molecule has 120 valence electrons. The predicted molar refractivity (Wildman–Crippen MR) is 72.6 cm³/mol. The van der Waals surface area contributed by atoms with Crippen molar-refractivity contribution in [3.05, 3.63) is 29.6 Å². The average molecular weight is 317 g/mol. The molecule has 3 atom stereocenters. The Morgan fingerprint density at radius 2 is 2.00 bits per heavy atom. The summed E-state index contributed by atoms with van der Waals surface area (Å²) in [6.07, 6.45) is -6.16. The molecule has 2 aliphatic heterocycles. The Kier molecular flexibility index (Phi) is 3.32. The van der Waals surface area contributed by atoms with Gasteiger partial charge in [-0.15, -0.1) is 0 Å². The van der Waals surface area contributed by atoms with E-state index in [-0.39, 0.29) is 36.5 Å². The minimum Gasteiger partial charge on any atom is -0.399 e. The van der Waals surface area contributed by atoms with Gasteiger partial charge in [0.15, 0.2) is 6.10 Å². The lowest BCUT2D eigenvalue weighted by Crippen LogP contribution is -2.45. The van der Waals surface area contributed by atoms with Gasteiger partial charge in [-0.25, -0.2) is 4.39 Å². The van der Waals surface area contributed by atoms with Crippen LogP contribution in [0.15, 0.2) is 23.2 Å². The lowest BCUT2D eigenvalue weighted by molar-refractivity contribution is -0.217. The van der Waals surface area contributed by atoms with Crippen LogP contribution >= 0.6 is 0 Å². The highest BCUT2D eigenvalue weighted by Crippen LogP contribution is 2.52. The third-order valence-electron chi connectivity index (χ3n) is 4.30. The molecule has 4 N–H and O–H groups in total. The Morgan fingerprint density at radius 1 is 1.27 bits per heavy atom. The van der Waals surface area contributed by atoms with Crippen molar-refractivity contribution in [3.8, 4) is 0 Å². The number of nitrogen functional groups attached to an aromatic ring is 1. The molecule has 2 aliphatic rings. The molecular formula is C14H15F4N3O. The minimum atomic E-state index is -4.54. The molecule has 22 heavy (non-hydrogen) atoms. The number of rotatable bonds is 1. The average Bonchev–Trinajstić information content (AvgIpc) is 2.80. The fourth-order valence-electron chi connectivity index (χ4n) is 3.35. The molecule has 4 nitrogen and oxygen atoms in total. The van der Waals surface area contributed by atoms with Crippen molar-refractivity contribution in [2.24, 2.45) is 16.6 Å². The molecule has 1 saturated heterocycles. The summed E-state index contributed by atoms with van der Waals surface area (Å²) in [5.74, 6) is -1.48. The van der Waals surface area contributed by atoms with Gasteiger partial charge in [0, 0.05) is 23.6 Å². The van der Waals surface area contributed by atoms with Crippen molar-refractivity contribution < 1.29 is 22.3 Å². The lowest BCUT2D eigenvalue weighted by Gasteiger charge is -2.36. The Bertz CT molecular complexity index is 631. The summed E-state index contributed by atoms with van der Waals surface area (Å²) in [4.78, 5) is 4.19. The summed E-state index contributed by atoms with van der Waals surface area (Å²) in [6.45, 7) is -0.372. The van der Waals surface area contributed by atoms with Crippen LogP contribution in [0.2, 0.25) is 0 Å². The molecule has 0 spiro atoms. The van der Waals surface area contributed by atoms with E-state index in [4.69, 9.17) is 16.2 Å². The Hall–Kier alpha value is -1.83. The number of ether oxygens (including phenoxy) is 1. The summed E-state index contributed by atoms with van der Waals surface area (Å²) in [5, 5.41) is 0. The predicted octanol–water partition coefficient (Wildman–Crippen LogP) is 2.33. The largest absolute Gasteiger partial charge is 0.414 e. The van der Waals surface area contributed by atoms with Crippen molar-refractivity contribution >= 4 is 11.5 Å². The topological polar surface area (TPSA) is 73.6 Å². The highest BCUT2D eigenvalue weighted by molar-refractivity contribution is 5.82. The molecule has 1 aromatic rings. The number of halogens is 4. The van der Waals surface area contributed by atoms with Gasteiger partial charge < -0.3 is 16.2 Å². The number of benzene rings is 1. The second kappa shape index (κ2) is 4.84. The van der Waals surface area contributed by atoms with E-state index in [0.29, 0.717) is 0 Å². The number of nitrogens with zero attached hydrogens (tertiary/aromatic N) is 1. The Balaban J connectivity index is 2.15. The number of hydrogen-bond donors (Lipinski definition) is 2. The lowest BCUT2D eigenvalue weighted by atomic mass is 9.73. The maximum absolute atomic E-state index is 14.2. The molecule has 0 aliphatic carbocycles. The zero-order valence-corrected chi connectivity index (χ0v) is 11.5. The second-order valence-electron chi connectivity index (χ2n) is 5.69. The highest BCUT2D eigenvalue weighted by Gasteiger charge is 2.61. The first-order chi connectivity index (χ1) is 10.2. The van der Waals surface area contributed by atoms with Crippen LogP contribution in [0.5, 0.6) is 0 Å². The standard InChI is InChI=1S/C14H15F4N3O/c15-10-3-1-7(19)5-9(10)13-6-22-12(14(16,17)18)8(13)2-4-11(20)21-13/h1,3,5,8,12H,2,4,6,19H2,(H2,20,21)/t8-,12?,13+/m1/s1. The van der Waals surface area contributed by atoms with Crippen LogP contribution in [-0.4, -0.2) is 24.7 Å². The molecule has 1 fully saturated rings. The molecular weight excluding hydrogens is 302 g/mol. The van der Waals surface area contributed by atoms with Gasteiger partial charge in [0.25, 0.3) is 0 Å². The van der Waals surface area contributed by atoms with E-state index in [0.717, 1.165) is 6.07 Å². The van der Waals surface area contributed by atoms with Gasteiger partial charge in [0.05, 0.1) is 12.4 Å². The van der Waals surface area contributed by atoms with Gasteiger partial charge in [0.2, 0.25) is 0 Å². The molecule has 0 saturated carbocycles. The summed E-state index contributed by atoms with van der Waals surface area (Å²) >= 11 is 0. The second-order valence-corrected chi connectivity index (χ2v) is 5.69. The van der Waals surface area contributed by atoms with Crippen molar-refractivity contribution in [1.82, 2.24) is 0 Å². The molecule has 8 heteroatoms. The Morgan fingerprint density at radius 3 is 2.68 bits per heavy atom. The number of nitrogens with two attached hydrogens (primary N) is 2. The van der Waals surface area contributed by atoms with Crippen molar-refractivity contribution in [2.75, 3.05) is 12.3 Å². The Labute approximate surface area is 124 Å². The molecule has 2 heterocycles. The fraction of sp³-hybridized carbons (Fsp3) is 0.500. The van der Waals surface area contributed by atoms with E-state index < -0.39 is 29.6 Å². The molecule has 3 rings (SSSR count). The number of fused-ring (bicyclic) bond motifs is 1. The number of amidine groups is 1. The van der Waals surface area contributed by atoms with Gasteiger partial charge in [-0.1, -0.05) is 0 Å². The molecule has 0 radical (unpaired) electrons. The zero-order chi connectivity index (χ0) is 16.1. The first-order valence-corrected chi connectivity index (χ1v) is 6.82. The number of hydrogen-bond acceptors (Lipinski definition) is 4. The maximum Gasteiger partial charge on any atom is 0.414 e.